The highest BCUT2D eigenvalue weighted by Crippen LogP contribution is 2.18. The molecule has 25 heavy (non-hydrogen) atoms. The number of guanidine groups is 1. The third-order valence-electron chi connectivity index (χ3n) is 3.54. The lowest BCUT2D eigenvalue weighted by Crippen LogP contribution is -2.22. The van der Waals surface area contributed by atoms with Crippen molar-refractivity contribution in [2.24, 2.45) is 16.5 Å². The van der Waals surface area contributed by atoms with E-state index in [1.54, 1.807) is 12.1 Å². The molecule has 0 atom stereocenters. The molecular weight excluding hydrogens is 316 g/mol. The number of primary amides is 1. The maximum Gasteiger partial charge on any atom is 0.255 e. The number of carbonyl (C=O) groups excluding carboxylic acids is 1. The van der Waals surface area contributed by atoms with Crippen molar-refractivity contribution in [1.82, 2.24) is 0 Å². The Kier molecular flexibility index (Phi) is 6.39. The van der Waals surface area contributed by atoms with Gasteiger partial charge in [-0.05, 0) is 41.3 Å². The molecule has 6 nitrogen and oxygen atoms in total. The van der Waals surface area contributed by atoms with Crippen LogP contribution in [0.1, 0.15) is 30.9 Å². The second-order valence-corrected chi connectivity index (χ2v) is 6.01. The minimum Gasteiger partial charge on any atom is -0.484 e. The number of benzene rings is 2. The molecule has 0 saturated carbocycles. The lowest BCUT2D eigenvalue weighted by molar-refractivity contribution is -0.119. The van der Waals surface area contributed by atoms with Gasteiger partial charge in [0, 0.05) is 5.69 Å². The minimum absolute atomic E-state index is 0.150. The number of nitrogens with two attached hydrogens (primary N) is 2. The van der Waals surface area contributed by atoms with Crippen LogP contribution in [0.2, 0.25) is 0 Å². The van der Waals surface area contributed by atoms with Gasteiger partial charge in [0.25, 0.3) is 5.91 Å². The SMILES string of the molecule is CC(C)c1cccc(NC(N)=NCc2cccc(OCC(N)=O)c2)c1. The van der Waals surface area contributed by atoms with E-state index in [0.717, 1.165) is 11.3 Å². The summed E-state index contributed by atoms with van der Waals surface area (Å²) in [4.78, 5) is 15.1. The summed E-state index contributed by atoms with van der Waals surface area (Å²) in [5.41, 5.74) is 14.1. The highest BCUT2D eigenvalue weighted by atomic mass is 16.5. The number of rotatable bonds is 7. The average molecular weight is 340 g/mol. The molecule has 132 valence electrons. The monoisotopic (exact) mass is 340 g/mol. The van der Waals surface area contributed by atoms with E-state index in [1.807, 2.05) is 24.3 Å². The van der Waals surface area contributed by atoms with Crippen molar-refractivity contribution in [3.8, 4) is 5.75 Å². The molecule has 2 aromatic rings. The zero-order valence-electron chi connectivity index (χ0n) is 14.5. The Morgan fingerprint density at radius 2 is 1.92 bits per heavy atom. The molecule has 2 aromatic carbocycles. The minimum atomic E-state index is -0.513. The van der Waals surface area contributed by atoms with Gasteiger partial charge in [-0.25, -0.2) is 4.99 Å². The summed E-state index contributed by atoms with van der Waals surface area (Å²) in [5, 5.41) is 3.10. The van der Waals surface area contributed by atoms with E-state index in [0.29, 0.717) is 24.2 Å². The van der Waals surface area contributed by atoms with E-state index >= 15 is 0 Å². The Morgan fingerprint density at radius 3 is 2.64 bits per heavy atom. The Hall–Kier alpha value is -3.02. The molecule has 5 N–H and O–H groups in total. The maximum atomic E-state index is 10.8. The van der Waals surface area contributed by atoms with Crippen LogP contribution in [0.4, 0.5) is 5.69 Å². The summed E-state index contributed by atoms with van der Waals surface area (Å²) in [7, 11) is 0. The molecule has 0 unspecified atom stereocenters. The van der Waals surface area contributed by atoms with E-state index in [-0.39, 0.29) is 6.61 Å². The van der Waals surface area contributed by atoms with Crippen molar-refractivity contribution >= 4 is 17.6 Å². The first kappa shape index (κ1) is 18.3. The number of anilines is 1. The second-order valence-electron chi connectivity index (χ2n) is 6.01. The lowest BCUT2D eigenvalue weighted by atomic mass is 10.0. The molecule has 0 aliphatic carbocycles. The Bertz CT molecular complexity index is 757. The van der Waals surface area contributed by atoms with Gasteiger partial charge in [0.1, 0.15) is 5.75 Å². The van der Waals surface area contributed by atoms with Crippen molar-refractivity contribution in [1.29, 1.82) is 0 Å². The van der Waals surface area contributed by atoms with Crippen molar-refractivity contribution < 1.29 is 9.53 Å². The standard InChI is InChI=1S/C19H24N4O2/c1-13(2)15-6-4-7-16(10-15)23-19(21)22-11-14-5-3-8-17(9-14)25-12-18(20)24/h3-10,13H,11-12H2,1-2H3,(H2,20,24)(H3,21,22,23). The molecular formula is C19H24N4O2. The molecule has 0 aliphatic rings. The van der Waals surface area contributed by atoms with Gasteiger partial charge in [-0.15, -0.1) is 0 Å². The number of amides is 1. The summed E-state index contributed by atoms with van der Waals surface area (Å²) >= 11 is 0. The van der Waals surface area contributed by atoms with E-state index in [1.165, 1.54) is 5.56 Å². The van der Waals surface area contributed by atoms with Crippen LogP contribution in [0.5, 0.6) is 5.75 Å². The average Bonchev–Trinajstić information content (AvgIpc) is 2.59. The van der Waals surface area contributed by atoms with Gasteiger partial charge in [-0.3, -0.25) is 4.79 Å². The van der Waals surface area contributed by atoms with Gasteiger partial charge in [-0.1, -0.05) is 38.1 Å². The number of carbonyl (C=O) groups is 1. The van der Waals surface area contributed by atoms with Crippen LogP contribution in [0, 0.1) is 0 Å². The quantitative estimate of drug-likeness (QED) is 0.532. The van der Waals surface area contributed by atoms with E-state index < -0.39 is 5.91 Å². The first-order valence-corrected chi connectivity index (χ1v) is 8.11. The third-order valence-corrected chi connectivity index (χ3v) is 3.54. The van der Waals surface area contributed by atoms with Gasteiger partial charge in [0.05, 0.1) is 6.54 Å². The van der Waals surface area contributed by atoms with Gasteiger partial charge in [0.15, 0.2) is 12.6 Å². The van der Waals surface area contributed by atoms with Crippen LogP contribution in [0.25, 0.3) is 0 Å². The van der Waals surface area contributed by atoms with E-state index in [9.17, 15) is 4.79 Å². The van der Waals surface area contributed by atoms with Crippen molar-refractivity contribution in [2.45, 2.75) is 26.3 Å². The number of nitrogens with one attached hydrogen (secondary N) is 1. The molecule has 6 heteroatoms. The molecule has 0 bridgehead atoms. The Labute approximate surface area is 147 Å². The Balaban J connectivity index is 1.98. The number of ether oxygens (including phenoxy) is 1. The molecule has 0 radical (unpaired) electrons. The summed E-state index contributed by atoms with van der Waals surface area (Å²) in [6.45, 7) is 4.53. The summed E-state index contributed by atoms with van der Waals surface area (Å²) in [6.07, 6.45) is 0. The predicted molar refractivity (Wildman–Crippen MR) is 101 cm³/mol. The van der Waals surface area contributed by atoms with Crippen LogP contribution >= 0.6 is 0 Å². The largest absolute Gasteiger partial charge is 0.484 e. The van der Waals surface area contributed by atoms with Gasteiger partial charge < -0.3 is 21.5 Å². The fourth-order valence-electron chi connectivity index (χ4n) is 2.23. The summed E-state index contributed by atoms with van der Waals surface area (Å²) < 4.78 is 5.28. The molecule has 0 saturated heterocycles. The van der Waals surface area contributed by atoms with E-state index in [4.69, 9.17) is 16.2 Å². The predicted octanol–water partition coefficient (Wildman–Crippen LogP) is 2.60. The fourth-order valence-corrected chi connectivity index (χ4v) is 2.23. The topological polar surface area (TPSA) is 103 Å². The van der Waals surface area contributed by atoms with Crippen molar-refractivity contribution in [3.05, 3.63) is 59.7 Å². The number of nitrogens with zero attached hydrogens (tertiary/aromatic N) is 1. The molecule has 0 spiro atoms. The van der Waals surface area contributed by atoms with Gasteiger partial charge in [0.2, 0.25) is 0 Å². The van der Waals surface area contributed by atoms with Crippen LogP contribution in [-0.4, -0.2) is 18.5 Å². The normalized spacial score (nSPS) is 11.4. The third kappa shape index (κ3) is 6.18. The lowest BCUT2D eigenvalue weighted by Gasteiger charge is -2.10. The molecule has 0 heterocycles. The molecule has 0 aliphatic heterocycles. The first-order valence-electron chi connectivity index (χ1n) is 8.11. The molecule has 0 aromatic heterocycles. The van der Waals surface area contributed by atoms with Gasteiger partial charge >= 0.3 is 0 Å². The van der Waals surface area contributed by atoms with Crippen molar-refractivity contribution in [3.63, 3.8) is 0 Å². The Morgan fingerprint density at radius 1 is 1.16 bits per heavy atom. The van der Waals surface area contributed by atoms with Crippen LogP contribution in [0.3, 0.4) is 0 Å². The molecule has 2 rings (SSSR count). The molecule has 1 amide bonds. The highest BCUT2D eigenvalue weighted by molar-refractivity contribution is 5.92. The van der Waals surface area contributed by atoms with Crippen LogP contribution < -0.4 is 21.5 Å². The fraction of sp³-hybridized carbons (Fsp3) is 0.263. The second kappa shape index (κ2) is 8.73. The number of aliphatic imine (C=N–C) groups is 1. The smallest absolute Gasteiger partial charge is 0.255 e. The van der Waals surface area contributed by atoms with Gasteiger partial charge in [-0.2, -0.15) is 0 Å². The van der Waals surface area contributed by atoms with E-state index in [2.05, 4.69) is 36.3 Å². The van der Waals surface area contributed by atoms with Crippen molar-refractivity contribution in [2.75, 3.05) is 11.9 Å². The number of hydrogen-bond donors (Lipinski definition) is 3. The number of hydrogen-bond acceptors (Lipinski definition) is 3. The maximum absolute atomic E-state index is 10.8. The summed E-state index contributed by atoms with van der Waals surface area (Å²) in [5.74, 6) is 0.843. The highest BCUT2D eigenvalue weighted by Gasteiger charge is 2.02. The first-order chi connectivity index (χ1) is 11.9. The summed E-state index contributed by atoms with van der Waals surface area (Å²) in [6, 6.07) is 15.4. The van der Waals surface area contributed by atoms with Crippen LogP contribution in [-0.2, 0) is 11.3 Å². The zero-order chi connectivity index (χ0) is 18.2. The molecule has 0 fully saturated rings. The van der Waals surface area contributed by atoms with Crippen LogP contribution in [0.15, 0.2) is 53.5 Å². The zero-order valence-corrected chi connectivity index (χ0v) is 14.5.